The number of nitrogens with one attached hydrogen (secondary N) is 4. The Hall–Kier alpha value is -3.79. The van der Waals surface area contributed by atoms with E-state index in [0.29, 0.717) is 11.9 Å². The lowest BCUT2D eigenvalue weighted by Crippen LogP contribution is -2.35. The number of H-pyrrole nitrogens is 1. The van der Waals surface area contributed by atoms with Gasteiger partial charge in [-0.25, -0.2) is 4.98 Å². The van der Waals surface area contributed by atoms with E-state index in [0.717, 1.165) is 65.9 Å². The summed E-state index contributed by atoms with van der Waals surface area (Å²) in [6.07, 6.45) is 4.59. The van der Waals surface area contributed by atoms with Crippen LogP contribution in [-0.2, 0) is 11.0 Å². The quantitative estimate of drug-likeness (QED) is 0.325. The standard InChI is InChI=1S/C26H30N8O2/c1-25(2,3)24-30-22(34-36-24)23(35)31-26(10-11-26)16-6-4-15(5-7-16)18-9-13-28-20-19(18)21(33-32-20)29-17-8-12-27-14-17/h4-7,9,13,17,27H,8,10-12,14H2,1-3H3,(H,31,35)(H2,28,29,32,33). The smallest absolute Gasteiger partial charge is 0.293 e. The maximum absolute atomic E-state index is 12.9. The van der Waals surface area contributed by atoms with Crippen LogP contribution in [-0.4, -0.2) is 50.4 Å². The number of fused-ring (bicyclic) bond motifs is 1. The van der Waals surface area contributed by atoms with Crippen LogP contribution in [0, 0.1) is 0 Å². The molecule has 1 aliphatic carbocycles. The molecule has 3 aromatic heterocycles. The van der Waals surface area contributed by atoms with Crippen LogP contribution in [0.15, 0.2) is 41.1 Å². The first-order chi connectivity index (χ1) is 17.3. The predicted molar refractivity (Wildman–Crippen MR) is 136 cm³/mol. The van der Waals surface area contributed by atoms with Gasteiger partial charge in [-0.05, 0) is 48.6 Å². The Morgan fingerprint density at radius 3 is 2.64 bits per heavy atom. The van der Waals surface area contributed by atoms with Crippen molar-refractivity contribution in [3.05, 3.63) is 53.8 Å². The zero-order valence-corrected chi connectivity index (χ0v) is 20.7. The van der Waals surface area contributed by atoms with Crippen molar-refractivity contribution in [2.75, 3.05) is 18.4 Å². The van der Waals surface area contributed by atoms with Crippen molar-refractivity contribution in [2.45, 2.75) is 57.0 Å². The van der Waals surface area contributed by atoms with Crippen molar-refractivity contribution in [2.24, 2.45) is 0 Å². The highest BCUT2D eigenvalue weighted by molar-refractivity contribution is 6.00. The van der Waals surface area contributed by atoms with Crippen molar-refractivity contribution < 1.29 is 9.32 Å². The van der Waals surface area contributed by atoms with Gasteiger partial charge in [-0.15, -0.1) is 0 Å². The Morgan fingerprint density at radius 2 is 1.97 bits per heavy atom. The van der Waals surface area contributed by atoms with Gasteiger partial charge in [-0.3, -0.25) is 9.89 Å². The van der Waals surface area contributed by atoms with Crippen LogP contribution in [0.25, 0.3) is 22.2 Å². The molecule has 1 aromatic carbocycles. The van der Waals surface area contributed by atoms with Crippen LogP contribution in [0.3, 0.4) is 0 Å². The number of hydrogen-bond donors (Lipinski definition) is 4. The number of rotatable bonds is 6. The molecule has 4 N–H and O–H groups in total. The molecule has 1 atom stereocenters. The number of benzene rings is 1. The SMILES string of the molecule is CC(C)(C)c1nc(C(=O)NC2(c3ccc(-c4ccnc5[nH]nc(NC6CCNC6)c45)cc3)CC2)no1. The Balaban J connectivity index is 1.24. The first-order valence-electron chi connectivity index (χ1n) is 12.4. The highest BCUT2D eigenvalue weighted by Crippen LogP contribution is 2.46. The zero-order chi connectivity index (χ0) is 24.9. The molecule has 186 valence electrons. The first-order valence-corrected chi connectivity index (χ1v) is 12.4. The summed E-state index contributed by atoms with van der Waals surface area (Å²) in [7, 11) is 0. The van der Waals surface area contributed by atoms with E-state index in [4.69, 9.17) is 4.52 Å². The maximum Gasteiger partial charge on any atom is 0.293 e. The van der Waals surface area contributed by atoms with Gasteiger partial charge in [-0.2, -0.15) is 10.1 Å². The van der Waals surface area contributed by atoms with Gasteiger partial charge in [0.2, 0.25) is 5.89 Å². The fraction of sp³-hybridized carbons (Fsp3) is 0.423. The molecule has 0 radical (unpaired) electrons. The molecule has 6 rings (SSSR count). The molecule has 1 aliphatic heterocycles. The molecule has 2 fully saturated rings. The number of hydrogen-bond acceptors (Lipinski definition) is 8. The second-order valence-corrected chi connectivity index (χ2v) is 10.8. The summed E-state index contributed by atoms with van der Waals surface area (Å²) in [5.41, 5.74) is 3.23. The maximum atomic E-state index is 12.9. The number of nitrogens with zero attached hydrogens (tertiary/aromatic N) is 4. The summed E-state index contributed by atoms with van der Waals surface area (Å²) in [4.78, 5) is 21.6. The van der Waals surface area contributed by atoms with E-state index in [1.165, 1.54) is 0 Å². The van der Waals surface area contributed by atoms with E-state index in [1.807, 2.05) is 26.8 Å². The molecule has 1 unspecified atom stereocenters. The largest absolute Gasteiger partial charge is 0.364 e. The number of amides is 1. The third-order valence-electron chi connectivity index (χ3n) is 6.98. The van der Waals surface area contributed by atoms with Gasteiger partial charge in [0.25, 0.3) is 11.7 Å². The highest BCUT2D eigenvalue weighted by atomic mass is 16.5. The zero-order valence-electron chi connectivity index (χ0n) is 20.7. The van der Waals surface area contributed by atoms with Crippen LogP contribution in [0.4, 0.5) is 5.82 Å². The average molecular weight is 487 g/mol. The van der Waals surface area contributed by atoms with E-state index < -0.39 is 5.54 Å². The van der Waals surface area contributed by atoms with E-state index in [-0.39, 0.29) is 17.1 Å². The van der Waals surface area contributed by atoms with Crippen LogP contribution in [0.1, 0.15) is 62.1 Å². The van der Waals surface area contributed by atoms with Crippen molar-refractivity contribution >= 4 is 22.8 Å². The molecule has 2 aliphatic rings. The summed E-state index contributed by atoms with van der Waals surface area (Å²) in [6, 6.07) is 10.7. The number of anilines is 1. The highest BCUT2D eigenvalue weighted by Gasteiger charge is 2.46. The third kappa shape index (κ3) is 4.11. The number of carbonyl (C=O) groups is 1. The molecule has 1 saturated carbocycles. The van der Waals surface area contributed by atoms with Gasteiger partial charge in [0.1, 0.15) is 0 Å². The minimum Gasteiger partial charge on any atom is -0.364 e. The summed E-state index contributed by atoms with van der Waals surface area (Å²) < 4.78 is 5.29. The molecule has 36 heavy (non-hydrogen) atoms. The van der Waals surface area contributed by atoms with E-state index in [2.05, 4.69) is 65.5 Å². The number of carbonyl (C=O) groups excluding carboxylic acids is 1. The number of aromatic nitrogens is 5. The lowest BCUT2D eigenvalue weighted by atomic mass is 9.97. The lowest BCUT2D eigenvalue weighted by Gasteiger charge is -2.18. The molecular formula is C26H30N8O2. The minimum atomic E-state index is -0.399. The summed E-state index contributed by atoms with van der Waals surface area (Å²) >= 11 is 0. The van der Waals surface area contributed by atoms with Gasteiger partial charge < -0.3 is 20.5 Å². The van der Waals surface area contributed by atoms with Crippen molar-refractivity contribution in [3.8, 4) is 11.1 Å². The Kier molecular flexibility index (Phi) is 5.29. The number of pyridine rings is 1. The molecule has 10 nitrogen and oxygen atoms in total. The van der Waals surface area contributed by atoms with Crippen molar-refractivity contribution in [1.29, 1.82) is 0 Å². The van der Waals surface area contributed by atoms with Crippen LogP contribution in [0.5, 0.6) is 0 Å². The first kappa shape index (κ1) is 22.7. The monoisotopic (exact) mass is 486 g/mol. The molecule has 1 amide bonds. The summed E-state index contributed by atoms with van der Waals surface area (Å²) in [5, 5.41) is 22.5. The van der Waals surface area contributed by atoms with Crippen LogP contribution < -0.4 is 16.0 Å². The third-order valence-corrected chi connectivity index (χ3v) is 6.98. The lowest BCUT2D eigenvalue weighted by molar-refractivity contribution is 0.0917. The molecule has 4 aromatic rings. The van der Waals surface area contributed by atoms with Gasteiger partial charge >= 0.3 is 0 Å². The second-order valence-electron chi connectivity index (χ2n) is 10.8. The van der Waals surface area contributed by atoms with Gasteiger partial charge in [0.15, 0.2) is 11.5 Å². The van der Waals surface area contributed by atoms with Crippen molar-refractivity contribution in [1.82, 2.24) is 36.0 Å². The van der Waals surface area contributed by atoms with Gasteiger partial charge in [0.05, 0.1) is 10.9 Å². The Morgan fingerprint density at radius 1 is 1.17 bits per heavy atom. The minimum absolute atomic E-state index is 0.0689. The topological polar surface area (TPSA) is 134 Å². The molecule has 1 saturated heterocycles. The Labute approximate surface area is 208 Å². The predicted octanol–water partition coefficient (Wildman–Crippen LogP) is 3.50. The van der Waals surface area contributed by atoms with Gasteiger partial charge in [0, 0.05) is 24.2 Å². The fourth-order valence-corrected chi connectivity index (χ4v) is 4.74. The normalized spacial score (nSPS) is 18.9. The van der Waals surface area contributed by atoms with E-state index in [1.54, 1.807) is 6.20 Å². The molecule has 0 bridgehead atoms. The van der Waals surface area contributed by atoms with E-state index in [9.17, 15) is 4.79 Å². The van der Waals surface area contributed by atoms with Crippen LogP contribution in [0.2, 0.25) is 0 Å². The summed E-state index contributed by atoms with van der Waals surface area (Å²) in [5.74, 6) is 1.02. The molecule has 4 heterocycles. The molecular weight excluding hydrogens is 456 g/mol. The number of aromatic amines is 1. The van der Waals surface area contributed by atoms with Crippen LogP contribution >= 0.6 is 0 Å². The van der Waals surface area contributed by atoms with Crippen molar-refractivity contribution in [3.63, 3.8) is 0 Å². The Bertz CT molecular complexity index is 1410. The van der Waals surface area contributed by atoms with Gasteiger partial charge in [-0.1, -0.05) is 50.2 Å². The van der Waals surface area contributed by atoms with E-state index >= 15 is 0 Å². The second kappa shape index (κ2) is 8.41. The summed E-state index contributed by atoms with van der Waals surface area (Å²) in [6.45, 7) is 7.84. The fourth-order valence-electron chi connectivity index (χ4n) is 4.74. The average Bonchev–Trinajstić information content (AvgIpc) is 3.28. The molecule has 0 spiro atoms. The molecule has 10 heteroatoms.